The molecule has 1 aliphatic heterocycles. The van der Waals surface area contributed by atoms with Gasteiger partial charge in [0.1, 0.15) is 30.3 Å². The minimum absolute atomic E-state index is 0.0148. The molecule has 2 N–H and O–H groups in total. The minimum atomic E-state index is -4.80. The summed E-state index contributed by atoms with van der Waals surface area (Å²) in [6.45, 7) is 2.88. The fourth-order valence-corrected chi connectivity index (χ4v) is 8.80. The van der Waals surface area contributed by atoms with Gasteiger partial charge in [0, 0.05) is 24.1 Å². The molecule has 2 heterocycles. The lowest BCUT2D eigenvalue weighted by Crippen LogP contribution is -2.63. The molecule has 1 unspecified atom stereocenters. The fraction of sp³-hybridized carbons (Fsp3) is 0.390. The molecule has 5 atom stereocenters. The maximum Gasteiger partial charge on any atom is 0.417 e. The van der Waals surface area contributed by atoms with E-state index in [1.165, 1.54) is 6.07 Å². The predicted octanol–water partition coefficient (Wildman–Crippen LogP) is 6.88. The van der Waals surface area contributed by atoms with Crippen LogP contribution in [0.1, 0.15) is 81.3 Å². The number of benzene rings is 3. The van der Waals surface area contributed by atoms with Gasteiger partial charge in [-0.15, -0.1) is 0 Å². The van der Waals surface area contributed by atoms with Crippen molar-refractivity contribution in [3.05, 3.63) is 117 Å². The summed E-state index contributed by atoms with van der Waals surface area (Å²) in [5.41, 5.74) is -2.92. The molecule has 0 bridgehead atoms. The van der Waals surface area contributed by atoms with Gasteiger partial charge in [0.05, 0.1) is 17.2 Å². The van der Waals surface area contributed by atoms with Crippen molar-refractivity contribution >= 4 is 17.3 Å². The summed E-state index contributed by atoms with van der Waals surface area (Å²) >= 11 is 0. The zero-order valence-corrected chi connectivity index (χ0v) is 30.0. The van der Waals surface area contributed by atoms with Gasteiger partial charge >= 0.3 is 6.18 Å². The van der Waals surface area contributed by atoms with Crippen molar-refractivity contribution in [2.75, 3.05) is 27.2 Å². The van der Waals surface area contributed by atoms with Crippen LogP contribution in [0.2, 0.25) is 0 Å². The SMILES string of the molecule is CCN(C)[C@@H]1c2onc(OCc3ccccc3)c2C(=O)[C@@]2(O)C(=O)C3=C(O)c4c(OCc5ccccc5)cc(C5CCN5C)c(C(F)(F)F)c4C[C@H]3C[C@@H]12. The van der Waals surface area contributed by atoms with Crippen molar-refractivity contribution in [3.8, 4) is 11.6 Å². The molecule has 13 heteroatoms. The van der Waals surface area contributed by atoms with E-state index in [0.29, 0.717) is 19.5 Å². The number of rotatable bonds is 9. The molecule has 282 valence electrons. The molecule has 1 saturated carbocycles. The van der Waals surface area contributed by atoms with E-state index in [-0.39, 0.29) is 71.3 Å². The van der Waals surface area contributed by atoms with E-state index in [0.717, 1.165) is 11.1 Å². The predicted molar refractivity (Wildman–Crippen MR) is 190 cm³/mol. The average molecular weight is 744 g/mol. The highest BCUT2D eigenvalue weighted by Gasteiger charge is 2.66. The van der Waals surface area contributed by atoms with Gasteiger partial charge in [-0.05, 0) is 79.3 Å². The monoisotopic (exact) mass is 743 g/mol. The van der Waals surface area contributed by atoms with Crippen LogP contribution in [-0.2, 0) is 30.6 Å². The van der Waals surface area contributed by atoms with Crippen LogP contribution in [-0.4, -0.2) is 69.5 Å². The quantitative estimate of drug-likeness (QED) is 0.175. The summed E-state index contributed by atoms with van der Waals surface area (Å²) < 4.78 is 63.7. The van der Waals surface area contributed by atoms with Crippen molar-refractivity contribution in [2.45, 2.75) is 63.3 Å². The molecule has 4 aromatic rings. The third-order valence-electron chi connectivity index (χ3n) is 11.7. The third kappa shape index (κ3) is 5.63. The molecule has 0 spiro atoms. The highest BCUT2D eigenvalue weighted by molar-refractivity contribution is 6.26. The van der Waals surface area contributed by atoms with Crippen molar-refractivity contribution in [2.24, 2.45) is 11.8 Å². The van der Waals surface area contributed by atoms with Crippen LogP contribution in [0, 0.1) is 11.8 Å². The number of carbonyl (C=O) groups is 2. The van der Waals surface area contributed by atoms with E-state index >= 15 is 13.2 Å². The first-order valence-corrected chi connectivity index (χ1v) is 18.1. The Kier molecular flexibility index (Phi) is 8.94. The molecule has 10 nitrogen and oxygen atoms in total. The Morgan fingerprint density at radius 3 is 2.22 bits per heavy atom. The molecule has 2 fully saturated rings. The second-order valence-electron chi connectivity index (χ2n) is 14.7. The van der Waals surface area contributed by atoms with Crippen LogP contribution in [0.3, 0.4) is 0 Å². The van der Waals surface area contributed by atoms with Gasteiger partial charge in [-0.3, -0.25) is 19.4 Å². The Morgan fingerprint density at radius 2 is 1.65 bits per heavy atom. The number of carbonyl (C=O) groups excluding carboxylic acids is 2. The van der Waals surface area contributed by atoms with Gasteiger partial charge in [0.2, 0.25) is 11.6 Å². The Hall–Kier alpha value is -4.98. The number of aliphatic hydroxyl groups excluding tert-OH is 1. The number of likely N-dealkylation sites (tertiary alicyclic amines) is 1. The molecular formula is C41H40F3N3O7. The van der Waals surface area contributed by atoms with E-state index in [4.69, 9.17) is 14.0 Å². The van der Waals surface area contributed by atoms with Gasteiger partial charge in [0.25, 0.3) is 5.88 Å². The number of nitrogens with zero attached hydrogens (tertiary/aromatic N) is 3. The fourth-order valence-electron chi connectivity index (χ4n) is 8.80. The first-order chi connectivity index (χ1) is 25.8. The van der Waals surface area contributed by atoms with Gasteiger partial charge in [-0.1, -0.05) is 67.6 Å². The lowest BCUT2D eigenvalue weighted by atomic mass is 9.56. The summed E-state index contributed by atoms with van der Waals surface area (Å²) in [4.78, 5) is 32.9. The largest absolute Gasteiger partial charge is 0.507 e. The maximum atomic E-state index is 15.3. The standard InChI is InChI=1S/C41H40F3N3O7/c1-4-46(2)34-27-18-24-17-26-31(29(52-20-22-11-7-5-8-12-22)19-25(28-15-16-47(28)3)33(26)41(42,43)44)35(48)30(24)37(49)40(27,51)38(50)32-36(34)54-45-39(32)53-21-23-13-9-6-10-14-23/h5-14,19,24,27-28,34,48,51H,4,15-18,20-21H2,1-3H3/t24-,27-,28?,34-,40-/m0/s1. The lowest BCUT2D eigenvalue weighted by molar-refractivity contribution is -0.143. The second-order valence-corrected chi connectivity index (χ2v) is 14.7. The number of halogens is 3. The van der Waals surface area contributed by atoms with Crippen LogP contribution >= 0.6 is 0 Å². The molecule has 1 aromatic heterocycles. The Bertz CT molecular complexity index is 2150. The molecule has 0 amide bonds. The number of aliphatic hydroxyl groups is 2. The van der Waals surface area contributed by atoms with Crippen molar-refractivity contribution in [1.82, 2.24) is 15.0 Å². The Morgan fingerprint density at radius 1 is 1.00 bits per heavy atom. The molecule has 4 aliphatic rings. The van der Waals surface area contributed by atoms with Crippen molar-refractivity contribution in [3.63, 3.8) is 0 Å². The van der Waals surface area contributed by atoms with Crippen molar-refractivity contribution in [1.29, 1.82) is 0 Å². The molecule has 3 aromatic carbocycles. The van der Waals surface area contributed by atoms with Crippen LogP contribution in [0.25, 0.3) is 5.76 Å². The molecule has 54 heavy (non-hydrogen) atoms. The number of ketones is 2. The zero-order chi connectivity index (χ0) is 38.1. The topological polar surface area (TPSA) is 126 Å². The molecular weight excluding hydrogens is 703 g/mol. The number of alkyl halides is 3. The maximum absolute atomic E-state index is 15.3. The number of fused-ring (bicyclic) bond motifs is 4. The van der Waals surface area contributed by atoms with Crippen LogP contribution in [0.4, 0.5) is 13.2 Å². The van der Waals surface area contributed by atoms with Gasteiger partial charge in [-0.25, -0.2) is 0 Å². The van der Waals surface area contributed by atoms with Gasteiger partial charge in [-0.2, -0.15) is 13.2 Å². The van der Waals surface area contributed by atoms with Crippen LogP contribution < -0.4 is 9.47 Å². The second kappa shape index (κ2) is 13.4. The normalized spacial score (nSPS) is 25.1. The zero-order valence-electron chi connectivity index (χ0n) is 30.0. The van der Waals surface area contributed by atoms with Crippen LogP contribution in [0.5, 0.6) is 11.6 Å². The molecule has 1 saturated heterocycles. The number of aromatic nitrogens is 1. The highest BCUT2D eigenvalue weighted by atomic mass is 19.4. The van der Waals surface area contributed by atoms with Gasteiger partial charge in [0.15, 0.2) is 11.4 Å². The first-order valence-electron chi connectivity index (χ1n) is 18.1. The number of hydrogen-bond acceptors (Lipinski definition) is 10. The average Bonchev–Trinajstić information content (AvgIpc) is 3.57. The first kappa shape index (κ1) is 36.0. The van der Waals surface area contributed by atoms with E-state index < -0.39 is 58.6 Å². The number of ether oxygens (including phenoxy) is 2. The van der Waals surface area contributed by atoms with Crippen molar-refractivity contribution < 1.29 is 47.0 Å². The third-order valence-corrected chi connectivity index (χ3v) is 11.7. The lowest BCUT2D eigenvalue weighted by Gasteiger charge is -2.50. The van der Waals surface area contributed by atoms with Crippen LogP contribution in [0.15, 0.2) is 76.8 Å². The smallest absolute Gasteiger partial charge is 0.417 e. The molecule has 3 aliphatic carbocycles. The Balaban J connectivity index is 1.27. The molecule has 8 rings (SSSR count). The summed E-state index contributed by atoms with van der Waals surface area (Å²) in [6, 6.07) is 18.1. The van der Waals surface area contributed by atoms with E-state index in [1.54, 1.807) is 43.3 Å². The number of Topliss-reactive ketones (excluding diaryl/α,β-unsaturated/α-hetero) is 2. The van der Waals surface area contributed by atoms with Gasteiger partial charge < -0.3 is 24.2 Å². The summed E-state index contributed by atoms with van der Waals surface area (Å²) in [7, 11) is 3.50. The highest BCUT2D eigenvalue weighted by Crippen LogP contribution is 2.58. The van der Waals surface area contributed by atoms with E-state index in [1.807, 2.05) is 48.2 Å². The van der Waals surface area contributed by atoms with E-state index in [9.17, 15) is 19.8 Å². The summed E-state index contributed by atoms with van der Waals surface area (Å²) in [5, 5.41) is 28.6. The number of hydrogen-bond donors (Lipinski definition) is 2. The molecule has 0 radical (unpaired) electrons. The Labute approximate surface area is 309 Å². The minimum Gasteiger partial charge on any atom is -0.507 e. The van der Waals surface area contributed by atoms with E-state index in [2.05, 4.69) is 5.16 Å². The summed E-state index contributed by atoms with van der Waals surface area (Å²) in [6.07, 6.45) is -4.68. The summed E-state index contributed by atoms with van der Waals surface area (Å²) in [5.74, 6) is -5.01.